The zero-order valence-electron chi connectivity index (χ0n) is 10.9. The maximum absolute atomic E-state index is 11.1. The SMILES string of the molecule is CCCC(C)COc1c(C(=O)O)c(C)nn1C. The fraction of sp³-hybridized carbons (Fsp3) is 0.667. The fourth-order valence-electron chi connectivity index (χ4n) is 1.85. The number of aryl methyl sites for hydroxylation is 2. The van der Waals surface area contributed by atoms with E-state index in [-0.39, 0.29) is 5.56 Å². The second-order valence-corrected chi connectivity index (χ2v) is 4.40. The van der Waals surface area contributed by atoms with Gasteiger partial charge >= 0.3 is 5.97 Å². The molecule has 0 aliphatic heterocycles. The quantitative estimate of drug-likeness (QED) is 0.828. The molecule has 0 bridgehead atoms. The predicted octanol–water partition coefficient (Wildman–Crippen LogP) is 2.24. The van der Waals surface area contributed by atoms with E-state index in [1.807, 2.05) is 0 Å². The number of rotatable bonds is 6. The summed E-state index contributed by atoms with van der Waals surface area (Å²) in [5.74, 6) is -0.233. The molecule has 1 rings (SSSR count). The summed E-state index contributed by atoms with van der Waals surface area (Å²) in [4.78, 5) is 11.1. The van der Waals surface area contributed by atoms with E-state index in [0.29, 0.717) is 24.1 Å². The van der Waals surface area contributed by atoms with Crippen LogP contribution in [0.3, 0.4) is 0 Å². The number of hydrogen-bond acceptors (Lipinski definition) is 3. The summed E-state index contributed by atoms with van der Waals surface area (Å²) in [6, 6.07) is 0. The molecule has 0 aromatic carbocycles. The minimum absolute atomic E-state index is 0.163. The van der Waals surface area contributed by atoms with Crippen LogP contribution < -0.4 is 4.74 Å². The van der Waals surface area contributed by atoms with Crippen molar-refractivity contribution in [1.29, 1.82) is 0 Å². The van der Waals surface area contributed by atoms with E-state index in [0.717, 1.165) is 12.8 Å². The molecule has 0 fully saturated rings. The molecule has 96 valence electrons. The van der Waals surface area contributed by atoms with Crippen molar-refractivity contribution in [2.75, 3.05) is 6.61 Å². The Morgan fingerprint density at radius 1 is 1.59 bits per heavy atom. The van der Waals surface area contributed by atoms with Crippen molar-refractivity contribution >= 4 is 5.97 Å². The van der Waals surface area contributed by atoms with Crippen LogP contribution in [0.4, 0.5) is 0 Å². The van der Waals surface area contributed by atoms with Crippen LogP contribution in [-0.2, 0) is 7.05 Å². The highest BCUT2D eigenvalue weighted by molar-refractivity contribution is 5.91. The summed E-state index contributed by atoms with van der Waals surface area (Å²) in [5.41, 5.74) is 0.648. The Morgan fingerprint density at radius 2 is 2.24 bits per heavy atom. The van der Waals surface area contributed by atoms with Gasteiger partial charge in [-0.05, 0) is 19.3 Å². The van der Waals surface area contributed by atoms with Gasteiger partial charge in [0.15, 0.2) is 0 Å². The first kappa shape index (κ1) is 13.5. The van der Waals surface area contributed by atoms with Crippen LogP contribution in [0.15, 0.2) is 0 Å². The fourth-order valence-corrected chi connectivity index (χ4v) is 1.85. The van der Waals surface area contributed by atoms with Gasteiger partial charge in [0, 0.05) is 7.05 Å². The Kier molecular flexibility index (Phi) is 4.54. The minimum atomic E-state index is -0.992. The van der Waals surface area contributed by atoms with Crippen molar-refractivity contribution in [1.82, 2.24) is 9.78 Å². The lowest BCUT2D eigenvalue weighted by atomic mass is 10.1. The molecule has 1 aromatic heterocycles. The Labute approximate surface area is 101 Å². The maximum atomic E-state index is 11.1. The summed E-state index contributed by atoms with van der Waals surface area (Å²) in [6.45, 7) is 6.40. The van der Waals surface area contributed by atoms with E-state index < -0.39 is 5.97 Å². The van der Waals surface area contributed by atoms with Crippen molar-refractivity contribution in [2.24, 2.45) is 13.0 Å². The number of aromatic nitrogens is 2. The van der Waals surface area contributed by atoms with E-state index in [1.165, 1.54) is 4.68 Å². The summed E-state index contributed by atoms with van der Waals surface area (Å²) >= 11 is 0. The molecule has 1 unspecified atom stereocenters. The van der Waals surface area contributed by atoms with Crippen LogP contribution in [0.5, 0.6) is 5.88 Å². The molecule has 0 amide bonds. The molecular formula is C12H20N2O3. The number of carbonyl (C=O) groups is 1. The molecule has 0 aliphatic rings. The maximum Gasteiger partial charge on any atom is 0.343 e. The van der Waals surface area contributed by atoms with Gasteiger partial charge < -0.3 is 9.84 Å². The first-order valence-electron chi connectivity index (χ1n) is 5.87. The van der Waals surface area contributed by atoms with Crippen LogP contribution in [0.25, 0.3) is 0 Å². The van der Waals surface area contributed by atoms with E-state index in [1.54, 1.807) is 14.0 Å². The Bertz CT molecular complexity index is 399. The van der Waals surface area contributed by atoms with Crippen LogP contribution in [-0.4, -0.2) is 27.5 Å². The van der Waals surface area contributed by atoms with Crippen molar-refractivity contribution in [3.8, 4) is 5.88 Å². The molecule has 1 heterocycles. The van der Waals surface area contributed by atoms with E-state index >= 15 is 0 Å². The third-order valence-electron chi connectivity index (χ3n) is 2.67. The van der Waals surface area contributed by atoms with Gasteiger partial charge in [0.2, 0.25) is 5.88 Å². The highest BCUT2D eigenvalue weighted by Gasteiger charge is 2.21. The van der Waals surface area contributed by atoms with E-state index in [9.17, 15) is 4.79 Å². The molecule has 0 saturated carbocycles. The topological polar surface area (TPSA) is 64.3 Å². The average Bonchev–Trinajstić information content (AvgIpc) is 2.50. The lowest BCUT2D eigenvalue weighted by molar-refractivity contribution is 0.0689. The van der Waals surface area contributed by atoms with Crippen molar-refractivity contribution in [2.45, 2.75) is 33.6 Å². The first-order chi connectivity index (χ1) is 7.97. The van der Waals surface area contributed by atoms with Gasteiger partial charge in [-0.15, -0.1) is 0 Å². The molecule has 5 heteroatoms. The van der Waals surface area contributed by atoms with Gasteiger partial charge in [-0.25, -0.2) is 9.48 Å². The summed E-state index contributed by atoms with van der Waals surface area (Å²) in [7, 11) is 1.69. The monoisotopic (exact) mass is 240 g/mol. The third kappa shape index (κ3) is 3.22. The zero-order chi connectivity index (χ0) is 13.0. The van der Waals surface area contributed by atoms with Gasteiger partial charge in [0.05, 0.1) is 12.3 Å². The number of aromatic carboxylic acids is 1. The predicted molar refractivity (Wildman–Crippen MR) is 64.5 cm³/mol. The first-order valence-corrected chi connectivity index (χ1v) is 5.87. The van der Waals surface area contributed by atoms with Crippen LogP contribution >= 0.6 is 0 Å². The Morgan fingerprint density at radius 3 is 2.76 bits per heavy atom. The minimum Gasteiger partial charge on any atom is -0.477 e. The van der Waals surface area contributed by atoms with Crippen LogP contribution in [0.1, 0.15) is 42.7 Å². The summed E-state index contributed by atoms with van der Waals surface area (Å²) in [6.07, 6.45) is 2.17. The zero-order valence-corrected chi connectivity index (χ0v) is 10.9. The number of nitrogens with zero attached hydrogens (tertiary/aromatic N) is 2. The van der Waals surface area contributed by atoms with E-state index in [4.69, 9.17) is 9.84 Å². The number of hydrogen-bond donors (Lipinski definition) is 1. The molecule has 0 aliphatic carbocycles. The van der Waals surface area contributed by atoms with Gasteiger partial charge in [-0.1, -0.05) is 20.3 Å². The highest BCUT2D eigenvalue weighted by atomic mass is 16.5. The summed E-state index contributed by atoms with van der Waals surface area (Å²) in [5, 5.41) is 13.2. The molecule has 1 N–H and O–H groups in total. The Balaban J connectivity index is 2.80. The lowest BCUT2D eigenvalue weighted by Gasteiger charge is -2.12. The molecule has 1 aromatic rings. The van der Waals surface area contributed by atoms with Gasteiger partial charge in [-0.3, -0.25) is 0 Å². The second kappa shape index (κ2) is 5.70. The summed E-state index contributed by atoms with van der Waals surface area (Å²) < 4.78 is 7.07. The Hall–Kier alpha value is -1.52. The molecule has 17 heavy (non-hydrogen) atoms. The standard InChI is InChI=1S/C12H20N2O3/c1-5-6-8(2)7-17-11-10(12(15)16)9(3)13-14(11)4/h8H,5-7H2,1-4H3,(H,15,16). The van der Waals surface area contributed by atoms with E-state index in [2.05, 4.69) is 18.9 Å². The molecule has 0 saturated heterocycles. The smallest absolute Gasteiger partial charge is 0.343 e. The molecular weight excluding hydrogens is 220 g/mol. The third-order valence-corrected chi connectivity index (χ3v) is 2.67. The molecule has 0 radical (unpaired) electrons. The molecule has 1 atom stereocenters. The van der Waals surface area contributed by atoms with Crippen molar-refractivity contribution in [3.05, 3.63) is 11.3 Å². The number of ether oxygens (including phenoxy) is 1. The van der Waals surface area contributed by atoms with Gasteiger partial charge in [0.25, 0.3) is 0 Å². The van der Waals surface area contributed by atoms with Crippen LogP contribution in [0, 0.1) is 12.8 Å². The number of carboxylic acid groups (broad SMARTS) is 1. The number of carboxylic acids is 1. The molecule has 0 spiro atoms. The largest absolute Gasteiger partial charge is 0.477 e. The highest BCUT2D eigenvalue weighted by Crippen LogP contribution is 2.22. The second-order valence-electron chi connectivity index (χ2n) is 4.40. The van der Waals surface area contributed by atoms with Gasteiger partial charge in [-0.2, -0.15) is 5.10 Å². The van der Waals surface area contributed by atoms with Gasteiger partial charge in [0.1, 0.15) is 5.56 Å². The normalized spacial score (nSPS) is 12.5. The lowest BCUT2D eigenvalue weighted by Crippen LogP contribution is -2.12. The van der Waals surface area contributed by atoms with Crippen molar-refractivity contribution < 1.29 is 14.6 Å². The van der Waals surface area contributed by atoms with Crippen LogP contribution in [0.2, 0.25) is 0 Å². The average molecular weight is 240 g/mol. The molecule has 5 nitrogen and oxygen atoms in total. The van der Waals surface area contributed by atoms with Crippen molar-refractivity contribution in [3.63, 3.8) is 0 Å².